The number of benzene rings is 2. The molecule has 0 unspecified atom stereocenters. The quantitative estimate of drug-likeness (QED) is 0.165. The third kappa shape index (κ3) is 8.70. The molecular formula is C21H29IN4O3S. The van der Waals surface area contributed by atoms with Gasteiger partial charge in [-0.3, -0.25) is 4.79 Å². The van der Waals surface area contributed by atoms with Crippen molar-refractivity contribution in [2.75, 3.05) is 52.5 Å². The van der Waals surface area contributed by atoms with E-state index in [-0.39, 0.29) is 36.4 Å². The third-order valence-corrected chi connectivity index (χ3v) is 4.94. The fourth-order valence-corrected chi connectivity index (χ4v) is 3.12. The van der Waals surface area contributed by atoms with Crippen LogP contribution in [0.1, 0.15) is 0 Å². The molecule has 0 aliphatic heterocycles. The predicted octanol–water partition coefficient (Wildman–Crippen LogP) is 3.56. The maximum atomic E-state index is 11.9. The Morgan fingerprint density at radius 2 is 1.77 bits per heavy atom. The minimum absolute atomic E-state index is 0. The van der Waals surface area contributed by atoms with Crippen LogP contribution in [-0.4, -0.2) is 63.9 Å². The summed E-state index contributed by atoms with van der Waals surface area (Å²) in [5.41, 5.74) is 0.780. The van der Waals surface area contributed by atoms with E-state index < -0.39 is 0 Å². The molecule has 0 fully saturated rings. The molecule has 0 saturated carbocycles. The topological polar surface area (TPSA) is 75.2 Å². The van der Waals surface area contributed by atoms with Gasteiger partial charge in [0.25, 0.3) is 0 Å². The molecule has 7 nitrogen and oxygen atoms in total. The van der Waals surface area contributed by atoms with Gasteiger partial charge in [0.15, 0.2) is 17.5 Å². The molecule has 0 atom stereocenters. The number of nitrogens with one attached hydrogen (secondary N) is 2. The number of carbonyl (C=O) groups is 1. The number of guanidine groups is 1. The van der Waals surface area contributed by atoms with Gasteiger partial charge in [0, 0.05) is 43.0 Å². The van der Waals surface area contributed by atoms with Crippen LogP contribution in [0.15, 0.2) is 58.4 Å². The van der Waals surface area contributed by atoms with Crippen molar-refractivity contribution in [2.45, 2.75) is 4.90 Å². The molecule has 0 saturated heterocycles. The molecule has 0 radical (unpaired) electrons. The third-order valence-electron chi connectivity index (χ3n) is 3.92. The number of thioether (sulfide) groups is 1. The smallest absolute Gasteiger partial charge is 0.243 e. The average molecular weight is 544 g/mol. The summed E-state index contributed by atoms with van der Waals surface area (Å²) < 4.78 is 10.6. The number of nitrogens with zero attached hydrogens (tertiary/aromatic N) is 2. The average Bonchev–Trinajstić information content (AvgIpc) is 2.74. The van der Waals surface area contributed by atoms with E-state index in [0.29, 0.717) is 24.0 Å². The standard InChI is InChI=1S/C21H28N4O3S.HI/c1-25(2)20(26)15-23-21(22-12-13-29-17-8-6-5-7-9-17)24-16-10-11-18(27-3)19(14-16)28-4;/h5-11,14H,12-13,15H2,1-4H3,(H2,22,23,24);1H. The molecule has 2 aromatic rings. The van der Waals surface area contributed by atoms with Crippen LogP contribution < -0.4 is 20.1 Å². The van der Waals surface area contributed by atoms with Gasteiger partial charge in [-0.15, -0.1) is 35.7 Å². The summed E-state index contributed by atoms with van der Waals surface area (Å²) in [5.74, 6) is 2.57. The number of amides is 1. The highest BCUT2D eigenvalue weighted by molar-refractivity contribution is 14.0. The Labute approximate surface area is 199 Å². The molecule has 2 N–H and O–H groups in total. The number of ether oxygens (including phenoxy) is 2. The highest BCUT2D eigenvalue weighted by atomic mass is 127. The van der Waals surface area contributed by atoms with Gasteiger partial charge in [-0.05, 0) is 24.3 Å². The van der Waals surface area contributed by atoms with Crippen LogP contribution in [0.25, 0.3) is 0 Å². The molecule has 0 aliphatic carbocycles. The zero-order valence-electron chi connectivity index (χ0n) is 17.7. The van der Waals surface area contributed by atoms with E-state index in [1.807, 2.05) is 36.4 Å². The minimum atomic E-state index is -0.0722. The number of halogens is 1. The second-order valence-electron chi connectivity index (χ2n) is 6.24. The first-order valence-electron chi connectivity index (χ1n) is 9.19. The molecule has 2 rings (SSSR count). The fraction of sp³-hybridized carbons (Fsp3) is 0.333. The maximum Gasteiger partial charge on any atom is 0.243 e. The van der Waals surface area contributed by atoms with Crippen molar-refractivity contribution in [1.29, 1.82) is 0 Å². The van der Waals surface area contributed by atoms with Crippen LogP contribution >= 0.6 is 35.7 Å². The first-order chi connectivity index (χ1) is 14.0. The van der Waals surface area contributed by atoms with E-state index in [1.165, 1.54) is 9.80 Å². The molecule has 0 spiro atoms. The van der Waals surface area contributed by atoms with Crippen molar-refractivity contribution >= 4 is 53.3 Å². The first kappa shape index (κ1) is 25.9. The normalized spacial score (nSPS) is 10.6. The van der Waals surface area contributed by atoms with Crippen LogP contribution in [0.3, 0.4) is 0 Å². The summed E-state index contributed by atoms with van der Waals surface area (Å²) in [5, 5.41) is 6.50. The van der Waals surface area contributed by atoms with E-state index >= 15 is 0 Å². The number of hydrogen-bond acceptors (Lipinski definition) is 5. The van der Waals surface area contributed by atoms with E-state index in [1.54, 1.807) is 40.1 Å². The molecular weight excluding hydrogens is 515 g/mol. The predicted molar refractivity (Wildman–Crippen MR) is 135 cm³/mol. The summed E-state index contributed by atoms with van der Waals surface area (Å²) in [6, 6.07) is 15.7. The van der Waals surface area contributed by atoms with E-state index in [4.69, 9.17) is 9.47 Å². The molecule has 0 aliphatic rings. The molecule has 0 aromatic heterocycles. The summed E-state index contributed by atoms with van der Waals surface area (Å²) in [4.78, 5) is 19.1. The van der Waals surface area contributed by atoms with Crippen LogP contribution in [0.4, 0.5) is 5.69 Å². The number of anilines is 1. The van der Waals surface area contributed by atoms with Crippen LogP contribution in [-0.2, 0) is 4.79 Å². The lowest BCUT2D eigenvalue weighted by atomic mass is 10.3. The molecule has 0 heterocycles. The Morgan fingerprint density at radius 1 is 1.07 bits per heavy atom. The molecule has 9 heteroatoms. The SMILES string of the molecule is COc1ccc(NC(=NCC(=O)N(C)C)NCCSc2ccccc2)cc1OC.I. The second kappa shape index (κ2) is 14.0. The molecule has 2 aromatic carbocycles. The summed E-state index contributed by atoms with van der Waals surface area (Å²) in [7, 11) is 6.61. The van der Waals surface area contributed by atoms with Crippen LogP contribution in [0.5, 0.6) is 11.5 Å². The lowest BCUT2D eigenvalue weighted by Crippen LogP contribution is -2.34. The minimum Gasteiger partial charge on any atom is -0.493 e. The number of methoxy groups -OCH3 is 2. The lowest BCUT2D eigenvalue weighted by molar-refractivity contribution is -0.127. The summed E-state index contributed by atoms with van der Waals surface area (Å²) in [6.45, 7) is 0.746. The maximum absolute atomic E-state index is 11.9. The van der Waals surface area contributed by atoms with Gasteiger partial charge >= 0.3 is 0 Å². The van der Waals surface area contributed by atoms with Crippen LogP contribution in [0, 0.1) is 0 Å². The highest BCUT2D eigenvalue weighted by Crippen LogP contribution is 2.29. The lowest BCUT2D eigenvalue weighted by Gasteiger charge is -2.15. The molecule has 0 bridgehead atoms. The molecule has 1 amide bonds. The van der Waals surface area contributed by atoms with Crippen molar-refractivity contribution in [3.63, 3.8) is 0 Å². The van der Waals surface area contributed by atoms with Crippen molar-refractivity contribution < 1.29 is 14.3 Å². The van der Waals surface area contributed by atoms with Crippen molar-refractivity contribution in [3.05, 3.63) is 48.5 Å². The molecule has 164 valence electrons. The van der Waals surface area contributed by atoms with Crippen molar-refractivity contribution in [3.8, 4) is 11.5 Å². The highest BCUT2D eigenvalue weighted by Gasteiger charge is 2.08. The Balaban J connectivity index is 0.00000450. The number of aliphatic imine (C=N–C) groups is 1. The van der Waals surface area contributed by atoms with Gasteiger partial charge < -0.3 is 25.0 Å². The number of rotatable bonds is 9. The fourth-order valence-electron chi connectivity index (χ4n) is 2.33. The van der Waals surface area contributed by atoms with Gasteiger partial charge in [-0.1, -0.05) is 18.2 Å². The second-order valence-corrected chi connectivity index (χ2v) is 7.40. The van der Waals surface area contributed by atoms with Crippen LogP contribution in [0.2, 0.25) is 0 Å². The monoisotopic (exact) mass is 544 g/mol. The number of hydrogen-bond donors (Lipinski definition) is 2. The number of likely N-dealkylation sites (N-methyl/N-ethyl adjacent to an activating group) is 1. The van der Waals surface area contributed by atoms with E-state index in [0.717, 1.165) is 11.4 Å². The van der Waals surface area contributed by atoms with E-state index in [9.17, 15) is 4.79 Å². The van der Waals surface area contributed by atoms with E-state index in [2.05, 4.69) is 27.8 Å². The zero-order chi connectivity index (χ0) is 21.1. The van der Waals surface area contributed by atoms with Crippen molar-refractivity contribution in [2.24, 2.45) is 4.99 Å². The molecule has 30 heavy (non-hydrogen) atoms. The summed E-state index contributed by atoms with van der Waals surface area (Å²) in [6.07, 6.45) is 0. The Hall–Kier alpha value is -2.14. The largest absolute Gasteiger partial charge is 0.493 e. The Kier molecular flexibility index (Phi) is 12.1. The van der Waals surface area contributed by atoms with Gasteiger partial charge in [0.1, 0.15) is 6.54 Å². The number of carbonyl (C=O) groups excluding carboxylic acids is 1. The Bertz CT molecular complexity index is 819. The van der Waals surface area contributed by atoms with Crippen molar-refractivity contribution in [1.82, 2.24) is 10.2 Å². The van der Waals surface area contributed by atoms with Gasteiger partial charge in [0.2, 0.25) is 5.91 Å². The van der Waals surface area contributed by atoms with Gasteiger partial charge in [0.05, 0.1) is 14.2 Å². The Morgan fingerprint density at radius 3 is 2.40 bits per heavy atom. The summed E-state index contributed by atoms with van der Waals surface area (Å²) >= 11 is 1.75. The first-order valence-corrected chi connectivity index (χ1v) is 10.2. The zero-order valence-corrected chi connectivity index (χ0v) is 20.8. The van der Waals surface area contributed by atoms with Gasteiger partial charge in [-0.25, -0.2) is 4.99 Å². The van der Waals surface area contributed by atoms with Gasteiger partial charge in [-0.2, -0.15) is 0 Å².